The molecule has 1 aliphatic heterocycles. The second kappa shape index (κ2) is 9.30. The average molecular weight is 456 g/mol. The number of benzene rings is 2. The molecule has 11 heteroatoms. The van der Waals surface area contributed by atoms with Crippen molar-refractivity contribution < 1.29 is 22.5 Å². The minimum atomic E-state index is -4.45. The van der Waals surface area contributed by atoms with Crippen LogP contribution in [-0.2, 0) is 12.7 Å². The third kappa shape index (κ3) is 5.48. The molecule has 1 saturated heterocycles. The lowest BCUT2D eigenvalue weighted by molar-refractivity contribution is -0.137. The summed E-state index contributed by atoms with van der Waals surface area (Å²) >= 11 is 0. The van der Waals surface area contributed by atoms with Crippen LogP contribution in [0.4, 0.5) is 23.7 Å². The highest BCUT2D eigenvalue weighted by Gasteiger charge is 2.31. The average Bonchev–Trinajstić information content (AvgIpc) is 3.28. The van der Waals surface area contributed by atoms with Gasteiger partial charge in [0.15, 0.2) is 0 Å². The summed E-state index contributed by atoms with van der Waals surface area (Å²) < 4.78 is 44.0. The number of nitriles is 1. The number of nitrogens with one attached hydrogen (secondary N) is 1. The van der Waals surface area contributed by atoms with Gasteiger partial charge >= 0.3 is 12.2 Å². The van der Waals surface area contributed by atoms with E-state index in [2.05, 4.69) is 15.5 Å². The normalized spacial score (nSPS) is 14.7. The van der Waals surface area contributed by atoms with E-state index < -0.39 is 11.7 Å². The van der Waals surface area contributed by atoms with Gasteiger partial charge in [-0.2, -0.15) is 23.4 Å². The number of rotatable bonds is 4. The van der Waals surface area contributed by atoms with Crippen molar-refractivity contribution in [2.24, 2.45) is 0 Å². The highest BCUT2D eigenvalue weighted by Crippen LogP contribution is 2.31. The van der Waals surface area contributed by atoms with Gasteiger partial charge < -0.3 is 14.7 Å². The fraction of sp³-hybridized carbons (Fsp3) is 0.273. The topological polar surface area (TPSA) is 98.3 Å². The molecule has 1 aliphatic rings. The fourth-order valence-electron chi connectivity index (χ4n) is 3.40. The van der Waals surface area contributed by atoms with Gasteiger partial charge in [-0.1, -0.05) is 17.3 Å². The van der Waals surface area contributed by atoms with E-state index in [0.29, 0.717) is 44.0 Å². The van der Waals surface area contributed by atoms with Crippen molar-refractivity contribution >= 4 is 11.7 Å². The van der Waals surface area contributed by atoms with Crippen molar-refractivity contribution in [3.8, 4) is 17.5 Å². The SMILES string of the molecule is N#Cc1ccc(NC(=O)N2CCN(Cc3nc(-c4cccc(C(F)(F)F)c4)no3)CC2)cc1. The van der Waals surface area contributed by atoms with E-state index in [9.17, 15) is 18.0 Å². The summed E-state index contributed by atoms with van der Waals surface area (Å²) in [5.74, 6) is 0.384. The summed E-state index contributed by atoms with van der Waals surface area (Å²) in [5, 5.41) is 15.4. The zero-order valence-electron chi connectivity index (χ0n) is 17.3. The van der Waals surface area contributed by atoms with Gasteiger partial charge in [0.25, 0.3) is 0 Å². The van der Waals surface area contributed by atoms with Crippen molar-refractivity contribution in [3.05, 3.63) is 65.5 Å². The smallest absolute Gasteiger partial charge is 0.338 e. The molecule has 3 aromatic rings. The van der Waals surface area contributed by atoms with Crippen molar-refractivity contribution in [2.45, 2.75) is 12.7 Å². The van der Waals surface area contributed by atoms with Gasteiger partial charge in [-0.25, -0.2) is 4.79 Å². The number of anilines is 1. The fourth-order valence-corrected chi connectivity index (χ4v) is 3.40. The Morgan fingerprint density at radius 1 is 1.12 bits per heavy atom. The first-order valence-electron chi connectivity index (χ1n) is 10.1. The summed E-state index contributed by atoms with van der Waals surface area (Å²) in [6.07, 6.45) is -4.45. The van der Waals surface area contributed by atoms with Crippen LogP contribution < -0.4 is 5.32 Å². The zero-order valence-corrected chi connectivity index (χ0v) is 17.3. The second-order valence-electron chi connectivity index (χ2n) is 7.47. The Kier molecular flexibility index (Phi) is 6.28. The van der Waals surface area contributed by atoms with Crippen molar-refractivity contribution in [1.82, 2.24) is 19.9 Å². The van der Waals surface area contributed by atoms with Crippen LogP contribution in [0.1, 0.15) is 17.0 Å². The first-order valence-corrected chi connectivity index (χ1v) is 10.1. The molecule has 8 nitrogen and oxygen atoms in total. The number of aromatic nitrogens is 2. The molecule has 0 spiro atoms. The second-order valence-corrected chi connectivity index (χ2v) is 7.47. The number of urea groups is 1. The Bertz CT molecular complexity index is 1160. The summed E-state index contributed by atoms with van der Waals surface area (Å²) in [5.41, 5.74) is 0.569. The summed E-state index contributed by atoms with van der Waals surface area (Å²) in [6, 6.07) is 13.2. The maximum absolute atomic E-state index is 12.9. The van der Waals surface area contributed by atoms with Crippen LogP contribution >= 0.6 is 0 Å². The van der Waals surface area contributed by atoms with Crippen molar-refractivity contribution in [1.29, 1.82) is 5.26 Å². The van der Waals surface area contributed by atoms with Crippen molar-refractivity contribution in [3.63, 3.8) is 0 Å². The summed E-state index contributed by atoms with van der Waals surface area (Å²) in [4.78, 5) is 20.4. The number of carbonyl (C=O) groups excluding carboxylic acids is 1. The lowest BCUT2D eigenvalue weighted by atomic mass is 10.1. The van der Waals surface area contributed by atoms with E-state index in [4.69, 9.17) is 9.78 Å². The van der Waals surface area contributed by atoms with Gasteiger partial charge in [0.2, 0.25) is 11.7 Å². The van der Waals surface area contributed by atoms with Crippen molar-refractivity contribution in [2.75, 3.05) is 31.5 Å². The Labute approximate surface area is 187 Å². The third-order valence-electron chi connectivity index (χ3n) is 5.20. The van der Waals surface area contributed by atoms with Crippen LogP contribution in [0.25, 0.3) is 11.4 Å². The molecular weight excluding hydrogens is 437 g/mol. The highest BCUT2D eigenvalue weighted by molar-refractivity contribution is 5.89. The largest absolute Gasteiger partial charge is 0.416 e. The van der Waals surface area contributed by atoms with Crippen LogP contribution in [0.2, 0.25) is 0 Å². The van der Waals surface area contributed by atoms with E-state index >= 15 is 0 Å². The third-order valence-corrected chi connectivity index (χ3v) is 5.20. The molecule has 0 bridgehead atoms. The Hall–Kier alpha value is -3.91. The van der Waals surface area contributed by atoms with E-state index in [1.54, 1.807) is 29.2 Å². The molecule has 1 N–H and O–H groups in total. The maximum atomic E-state index is 12.9. The number of piperazine rings is 1. The molecule has 2 amide bonds. The lowest BCUT2D eigenvalue weighted by Crippen LogP contribution is -2.49. The monoisotopic (exact) mass is 456 g/mol. The molecule has 1 aromatic heterocycles. The van der Waals surface area contributed by atoms with Gasteiger partial charge in [0.05, 0.1) is 23.7 Å². The molecule has 2 aromatic carbocycles. The minimum absolute atomic E-state index is 0.0940. The Balaban J connectivity index is 1.30. The quantitative estimate of drug-likeness (QED) is 0.638. The Morgan fingerprint density at radius 2 is 1.85 bits per heavy atom. The van der Waals surface area contributed by atoms with Crippen LogP contribution in [0, 0.1) is 11.3 Å². The summed E-state index contributed by atoms with van der Waals surface area (Å²) in [6.45, 7) is 2.44. The molecule has 0 atom stereocenters. The predicted molar refractivity (Wildman–Crippen MR) is 112 cm³/mol. The number of nitrogens with zero attached hydrogens (tertiary/aromatic N) is 5. The molecular formula is C22H19F3N6O2. The van der Waals surface area contributed by atoms with Gasteiger partial charge in [0.1, 0.15) is 0 Å². The number of hydrogen-bond acceptors (Lipinski definition) is 6. The molecule has 0 saturated carbocycles. The lowest BCUT2D eigenvalue weighted by Gasteiger charge is -2.33. The summed E-state index contributed by atoms with van der Waals surface area (Å²) in [7, 11) is 0. The molecule has 4 rings (SSSR count). The van der Waals surface area contributed by atoms with Crippen LogP contribution in [-0.4, -0.2) is 52.2 Å². The molecule has 2 heterocycles. The van der Waals surface area contributed by atoms with Gasteiger partial charge in [-0.05, 0) is 36.4 Å². The van der Waals surface area contributed by atoms with Crippen LogP contribution in [0.3, 0.4) is 0 Å². The molecule has 1 fully saturated rings. The molecule has 170 valence electrons. The number of carbonyl (C=O) groups is 1. The van der Waals surface area contributed by atoms with Gasteiger partial charge in [-0.15, -0.1) is 0 Å². The van der Waals surface area contributed by atoms with E-state index in [1.807, 2.05) is 11.0 Å². The zero-order chi connectivity index (χ0) is 23.4. The minimum Gasteiger partial charge on any atom is -0.338 e. The molecule has 33 heavy (non-hydrogen) atoms. The van der Waals surface area contributed by atoms with E-state index in [-0.39, 0.29) is 23.3 Å². The van der Waals surface area contributed by atoms with Gasteiger partial charge in [-0.3, -0.25) is 4.90 Å². The predicted octanol–water partition coefficient (Wildman–Crippen LogP) is 3.98. The molecule has 0 unspecified atom stereocenters. The highest BCUT2D eigenvalue weighted by atomic mass is 19.4. The first-order chi connectivity index (χ1) is 15.8. The number of halogens is 3. The molecule has 0 aliphatic carbocycles. The number of amides is 2. The van der Waals surface area contributed by atoms with Crippen LogP contribution in [0.15, 0.2) is 53.1 Å². The van der Waals surface area contributed by atoms with E-state index in [1.165, 1.54) is 12.1 Å². The first kappa shape index (κ1) is 22.3. The maximum Gasteiger partial charge on any atom is 0.416 e. The van der Waals surface area contributed by atoms with E-state index in [0.717, 1.165) is 12.1 Å². The van der Waals surface area contributed by atoms with Crippen LogP contribution in [0.5, 0.6) is 0 Å². The van der Waals surface area contributed by atoms with Gasteiger partial charge in [0, 0.05) is 37.4 Å². The molecule has 0 radical (unpaired) electrons. The number of hydrogen-bond donors (Lipinski definition) is 1. The Morgan fingerprint density at radius 3 is 2.52 bits per heavy atom. The number of alkyl halides is 3. The standard InChI is InChI=1S/C22H19F3N6O2/c23-22(24,25)17-3-1-2-16(12-17)20-28-19(33-29-20)14-30-8-10-31(11-9-30)21(32)27-18-6-4-15(13-26)5-7-18/h1-7,12H,8-11,14H2,(H,27,32).